The number of amides is 3. The smallest absolute Gasteiger partial charge is 0.411 e. The fraction of sp³-hybridized carbons (Fsp3) is 0.333. The molecule has 2 aliphatic rings. The number of benzene rings is 2. The minimum atomic E-state index is -0.953. The Hall–Kier alpha value is -5.79. The van der Waals surface area contributed by atoms with E-state index in [9.17, 15) is 24.8 Å². The standard InChI is InChI=1S/C33H34ClN11O5/c1-33(49)16-44(17-33)31(47)24-6-4-3-5-23(39-28(46)12-7-19-13-20(34)8-11-27(19)45-18-36-42-43-45)30-40-26(15-35)29(41-30)22-10-9-21(14-25(22)38-24)37-32(48)50-2/h7-14,18,23-24,38,49H,3-6,16-17H2,1-2H3,(H,37,48)(H,39,46)(H,40,41)/b12-7+/t23-,24+/m0/s1. The molecule has 3 amide bonds. The second-order valence-electron chi connectivity index (χ2n) is 12.4. The number of hydrogen-bond donors (Lipinski definition) is 5. The maximum Gasteiger partial charge on any atom is 0.411 e. The van der Waals surface area contributed by atoms with E-state index in [0.29, 0.717) is 70.4 Å². The number of hydrogen-bond acceptors (Lipinski definition) is 11. The maximum absolute atomic E-state index is 13.7. The lowest BCUT2D eigenvalue weighted by Gasteiger charge is -2.45. The second kappa shape index (κ2) is 14.4. The van der Waals surface area contributed by atoms with Crippen LogP contribution in [0.25, 0.3) is 23.0 Å². The molecule has 1 fully saturated rings. The Kier molecular flexibility index (Phi) is 9.79. The number of β-amino-alcohol motifs (C(OH)–C–C–N with tert-alkyl or cyclic N) is 1. The van der Waals surface area contributed by atoms with Gasteiger partial charge in [-0.2, -0.15) is 9.94 Å². The van der Waals surface area contributed by atoms with Crippen LogP contribution in [0.15, 0.2) is 48.8 Å². The first-order valence-electron chi connectivity index (χ1n) is 15.8. The summed E-state index contributed by atoms with van der Waals surface area (Å²) in [5.74, 6) is -0.222. The van der Waals surface area contributed by atoms with E-state index in [4.69, 9.17) is 21.3 Å². The number of anilines is 2. The normalized spacial score (nSPS) is 18.3. The summed E-state index contributed by atoms with van der Waals surface area (Å²) in [5, 5.41) is 41.2. The molecular formula is C33H34ClN11O5. The zero-order chi connectivity index (χ0) is 35.4. The number of nitrogens with zero attached hydrogens (tertiary/aromatic N) is 7. The van der Waals surface area contributed by atoms with Gasteiger partial charge >= 0.3 is 6.09 Å². The van der Waals surface area contributed by atoms with Gasteiger partial charge in [0.25, 0.3) is 0 Å². The van der Waals surface area contributed by atoms with Gasteiger partial charge < -0.3 is 30.4 Å². The van der Waals surface area contributed by atoms with Crippen LogP contribution in [-0.2, 0) is 14.3 Å². The van der Waals surface area contributed by atoms with Crippen LogP contribution in [0.1, 0.15) is 55.7 Å². The molecule has 0 unspecified atom stereocenters. The van der Waals surface area contributed by atoms with E-state index >= 15 is 0 Å². The van der Waals surface area contributed by atoms with Gasteiger partial charge in [-0.3, -0.25) is 14.9 Å². The monoisotopic (exact) mass is 699 g/mol. The van der Waals surface area contributed by atoms with Crippen LogP contribution >= 0.6 is 11.6 Å². The Morgan fingerprint density at radius 2 is 1.98 bits per heavy atom. The largest absolute Gasteiger partial charge is 0.453 e. The molecule has 4 aromatic rings. The van der Waals surface area contributed by atoms with Crippen molar-refractivity contribution in [3.8, 4) is 23.0 Å². The van der Waals surface area contributed by atoms with Crippen LogP contribution in [0, 0.1) is 11.3 Å². The molecule has 50 heavy (non-hydrogen) atoms. The number of fused-ring (bicyclic) bond motifs is 4. The molecular weight excluding hydrogens is 666 g/mol. The number of ether oxygens (including phenoxy) is 1. The Morgan fingerprint density at radius 3 is 2.70 bits per heavy atom. The topological polar surface area (TPSA) is 216 Å². The minimum absolute atomic E-state index is 0.150. The zero-order valence-corrected chi connectivity index (χ0v) is 27.9. The summed E-state index contributed by atoms with van der Waals surface area (Å²) in [6.45, 7) is 2.09. The quantitative estimate of drug-likeness (QED) is 0.183. The number of tetrazole rings is 1. The van der Waals surface area contributed by atoms with E-state index < -0.39 is 29.7 Å². The average Bonchev–Trinajstić information content (AvgIpc) is 3.77. The minimum Gasteiger partial charge on any atom is -0.453 e. The number of aliphatic hydroxyl groups is 1. The molecule has 6 rings (SSSR count). The molecule has 0 spiro atoms. The number of carbonyl (C=O) groups excluding carboxylic acids is 3. The fourth-order valence-corrected chi connectivity index (χ4v) is 6.23. The van der Waals surface area contributed by atoms with Crippen molar-refractivity contribution in [2.24, 2.45) is 0 Å². The molecule has 2 aromatic heterocycles. The van der Waals surface area contributed by atoms with Gasteiger partial charge in [-0.25, -0.2) is 9.78 Å². The Morgan fingerprint density at radius 1 is 1.18 bits per heavy atom. The molecule has 5 N–H and O–H groups in total. The summed E-state index contributed by atoms with van der Waals surface area (Å²) < 4.78 is 6.20. The van der Waals surface area contributed by atoms with Crippen LogP contribution in [0.2, 0.25) is 5.02 Å². The zero-order valence-electron chi connectivity index (χ0n) is 27.2. The molecule has 2 aromatic carbocycles. The highest BCUT2D eigenvalue weighted by Gasteiger charge is 2.41. The summed E-state index contributed by atoms with van der Waals surface area (Å²) in [5.41, 5.74) is 2.05. The molecule has 0 aliphatic carbocycles. The maximum atomic E-state index is 13.7. The second-order valence-corrected chi connectivity index (χ2v) is 12.8. The Bertz CT molecular complexity index is 1980. The highest BCUT2D eigenvalue weighted by atomic mass is 35.5. The van der Waals surface area contributed by atoms with Crippen molar-refractivity contribution in [2.45, 2.75) is 50.3 Å². The van der Waals surface area contributed by atoms with E-state index in [1.807, 2.05) is 0 Å². The number of imidazole rings is 1. The molecule has 17 heteroatoms. The summed E-state index contributed by atoms with van der Waals surface area (Å²) in [6.07, 6.45) is 5.82. The van der Waals surface area contributed by atoms with Crippen molar-refractivity contribution in [3.63, 3.8) is 0 Å². The van der Waals surface area contributed by atoms with Gasteiger partial charge in [0, 0.05) is 33.6 Å². The first kappa shape index (κ1) is 34.1. The number of carbonyl (C=O) groups is 3. The summed E-state index contributed by atoms with van der Waals surface area (Å²) in [7, 11) is 1.25. The van der Waals surface area contributed by atoms with Crippen molar-refractivity contribution < 1.29 is 24.2 Å². The van der Waals surface area contributed by atoms with Crippen LogP contribution in [-0.4, -0.2) is 89.9 Å². The van der Waals surface area contributed by atoms with Gasteiger partial charge in [0.05, 0.1) is 37.5 Å². The predicted molar refractivity (Wildman–Crippen MR) is 182 cm³/mol. The lowest BCUT2D eigenvalue weighted by atomic mass is 9.94. The van der Waals surface area contributed by atoms with E-state index in [-0.39, 0.29) is 24.7 Å². The number of aromatic amines is 1. The third kappa shape index (κ3) is 7.59. The average molecular weight is 700 g/mol. The molecule has 4 heterocycles. The van der Waals surface area contributed by atoms with Crippen LogP contribution in [0.3, 0.4) is 0 Å². The number of halogens is 1. The van der Waals surface area contributed by atoms with E-state index in [1.165, 1.54) is 24.2 Å². The Balaban J connectivity index is 1.32. The molecule has 0 radical (unpaired) electrons. The number of H-pyrrole nitrogens is 1. The number of methoxy groups -OCH3 is 1. The molecule has 2 bridgehead atoms. The van der Waals surface area contributed by atoms with Crippen molar-refractivity contribution in [2.75, 3.05) is 30.8 Å². The van der Waals surface area contributed by atoms with Gasteiger partial charge in [0.15, 0.2) is 0 Å². The molecule has 16 nitrogen and oxygen atoms in total. The highest BCUT2D eigenvalue weighted by molar-refractivity contribution is 6.30. The highest BCUT2D eigenvalue weighted by Crippen LogP contribution is 2.35. The van der Waals surface area contributed by atoms with E-state index in [1.54, 1.807) is 54.3 Å². The first-order chi connectivity index (χ1) is 24.0. The van der Waals surface area contributed by atoms with E-state index in [0.717, 1.165) is 0 Å². The van der Waals surface area contributed by atoms with Crippen LogP contribution in [0.4, 0.5) is 16.2 Å². The van der Waals surface area contributed by atoms with Crippen molar-refractivity contribution in [3.05, 3.63) is 70.9 Å². The molecule has 2 aliphatic heterocycles. The Labute approximate surface area is 291 Å². The number of likely N-dealkylation sites (tertiary alicyclic amines) is 1. The third-order valence-corrected chi connectivity index (χ3v) is 8.66. The van der Waals surface area contributed by atoms with Gasteiger partial charge in [-0.1, -0.05) is 24.4 Å². The molecule has 2 atom stereocenters. The SMILES string of the molecule is COC(=O)Nc1ccc2c(c1)N[C@@H](C(=O)N1CC(C)(O)C1)CCCC[C@H](NC(=O)/C=C/c1cc(Cl)ccc1-n1cnnn1)c1nc-2c(C#N)[nH]1. The van der Waals surface area contributed by atoms with Gasteiger partial charge in [0.2, 0.25) is 11.8 Å². The number of aromatic nitrogens is 6. The van der Waals surface area contributed by atoms with Gasteiger partial charge in [-0.05, 0) is 72.7 Å². The van der Waals surface area contributed by atoms with Gasteiger partial charge in [-0.15, -0.1) is 5.10 Å². The molecule has 1 saturated heterocycles. The summed E-state index contributed by atoms with van der Waals surface area (Å²) in [4.78, 5) is 48.5. The number of rotatable bonds is 6. The van der Waals surface area contributed by atoms with Crippen LogP contribution in [0.5, 0.6) is 0 Å². The van der Waals surface area contributed by atoms with Gasteiger partial charge in [0.1, 0.15) is 35.7 Å². The lowest BCUT2D eigenvalue weighted by Crippen LogP contribution is -2.64. The lowest BCUT2D eigenvalue weighted by molar-refractivity contribution is -0.153. The van der Waals surface area contributed by atoms with Crippen molar-refractivity contribution in [1.29, 1.82) is 5.26 Å². The van der Waals surface area contributed by atoms with E-state index in [2.05, 4.69) is 42.5 Å². The predicted octanol–water partition coefficient (Wildman–Crippen LogP) is 3.57. The molecule has 258 valence electrons. The van der Waals surface area contributed by atoms with Crippen molar-refractivity contribution in [1.82, 2.24) is 40.4 Å². The fourth-order valence-electron chi connectivity index (χ4n) is 6.05. The third-order valence-electron chi connectivity index (χ3n) is 8.42. The summed E-state index contributed by atoms with van der Waals surface area (Å²) in [6, 6.07) is 10.9. The van der Waals surface area contributed by atoms with Crippen LogP contribution < -0.4 is 16.0 Å². The summed E-state index contributed by atoms with van der Waals surface area (Å²) >= 11 is 6.24. The molecule has 0 saturated carbocycles. The van der Waals surface area contributed by atoms with Crippen molar-refractivity contribution >= 4 is 47.0 Å². The number of nitrogens with one attached hydrogen (secondary N) is 4. The number of nitriles is 1. The first-order valence-corrected chi connectivity index (χ1v) is 16.2.